The van der Waals surface area contributed by atoms with Crippen LogP contribution in [0.1, 0.15) is 24.0 Å². The summed E-state index contributed by atoms with van der Waals surface area (Å²) in [5.74, 6) is 2.24. The Labute approximate surface area is 110 Å². The van der Waals surface area contributed by atoms with Crippen molar-refractivity contribution in [1.29, 1.82) is 0 Å². The van der Waals surface area contributed by atoms with Crippen LogP contribution < -0.4 is 0 Å². The zero-order valence-electron chi connectivity index (χ0n) is 9.47. The van der Waals surface area contributed by atoms with Gasteiger partial charge in [0, 0.05) is 5.56 Å². The van der Waals surface area contributed by atoms with Crippen molar-refractivity contribution in [3.8, 4) is 0 Å². The van der Waals surface area contributed by atoms with Crippen molar-refractivity contribution in [2.45, 2.75) is 18.4 Å². The van der Waals surface area contributed by atoms with Gasteiger partial charge in [-0.25, -0.2) is 4.99 Å². The Balaban J connectivity index is 2.29. The maximum Gasteiger partial charge on any atom is 0.131 e. The maximum atomic E-state index is 4.70. The first-order valence-electron chi connectivity index (χ1n) is 5.43. The second-order valence-corrected chi connectivity index (χ2v) is 7.56. The maximum absolute atomic E-state index is 4.70. The number of para-hydroxylation sites is 1. The van der Waals surface area contributed by atoms with E-state index in [1.165, 1.54) is 9.94 Å². The topological polar surface area (TPSA) is 12.4 Å². The Hall–Kier alpha value is -0.0600. The fourth-order valence-electron chi connectivity index (χ4n) is 1.53. The Bertz CT molecular complexity index is 390. The van der Waals surface area contributed by atoms with Gasteiger partial charge in [0.15, 0.2) is 0 Å². The Morgan fingerprint density at radius 2 is 2.06 bits per heavy atom. The van der Waals surface area contributed by atoms with E-state index in [4.69, 9.17) is 4.99 Å². The lowest BCUT2D eigenvalue weighted by atomic mass is 10.2. The summed E-state index contributed by atoms with van der Waals surface area (Å²) in [5, 5.41) is 0. The van der Waals surface area contributed by atoms with Gasteiger partial charge in [0.1, 0.15) is 4.38 Å². The van der Waals surface area contributed by atoms with Gasteiger partial charge in [0.2, 0.25) is 0 Å². The molecule has 0 fully saturated rings. The number of thioether (sulfide) groups is 3. The second kappa shape index (κ2) is 6.03. The molecule has 0 aromatic heterocycles. The highest BCUT2D eigenvalue weighted by Gasteiger charge is 2.22. The summed E-state index contributed by atoms with van der Waals surface area (Å²) in [6, 6.07) is 8.50. The molecule has 0 radical (unpaired) electrons. The van der Waals surface area contributed by atoms with Gasteiger partial charge in [-0.1, -0.05) is 55.6 Å². The van der Waals surface area contributed by atoms with Gasteiger partial charge in [-0.2, -0.15) is 0 Å². The monoisotopic (exact) mass is 269 g/mol. The molecule has 1 nitrogen and oxygen atoms in total. The highest BCUT2D eigenvalue weighted by molar-refractivity contribution is 8.41. The van der Waals surface area contributed by atoms with Gasteiger partial charge < -0.3 is 0 Å². The summed E-state index contributed by atoms with van der Waals surface area (Å²) in [6.45, 7) is 4.39. The van der Waals surface area contributed by atoms with Crippen LogP contribution in [0, 0.1) is 0 Å². The molecule has 1 unspecified atom stereocenters. The summed E-state index contributed by atoms with van der Waals surface area (Å²) in [5.41, 5.74) is 2.53. The molecule has 1 aliphatic heterocycles. The largest absolute Gasteiger partial charge is 0.235 e. The minimum atomic E-state index is 0.521. The first-order valence-corrected chi connectivity index (χ1v) is 8.35. The highest BCUT2D eigenvalue weighted by atomic mass is 32.2. The molecule has 1 aliphatic rings. The first-order chi connectivity index (χ1) is 7.85. The van der Waals surface area contributed by atoms with Crippen molar-refractivity contribution < 1.29 is 0 Å². The van der Waals surface area contributed by atoms with E-state index in [1.54, 1.807) is 0 Å². The zero-order chi connectivity index (χ0) is 11.4. The predicted octanol–water partition coefficient (Wildman–Crippen LogP) is 4.93. The minimum absolute atomic E-state index is 0.521. The molecule has 0 N–H and O–H groups in total. The fraction of sp³-hybridized carbons (Fsp3) is 0.417. The van der Waals surface area contributed by atoms with Crippen molar-refractivity contribution in [3.05, 3.63) is 29.8 Å². The summed E-state index contributed by atoms with van der Waals surface area (Å²) < 4.78 is 1.74. The zero-order valence-corrected chi connectivity index (χ0v) is 11.9. The van der Waals surface area contributed by atoms with E-state index in [2.05, 4.69) is 38.1 Å². The Morgan fingerprint density at radius 1 is 1.25 bits per heavy atom. The molecule has 0 bridgehead atoms. The molecular weight excluding hydrogens is 254 g/mol. The van der Waals surface area contributed by atoms with E-state index in [0.717, 1.165) is 17.2 Å². The number of benzene rings is 1. The van der Waals surface area contributed by atoms with Crippen LogP contribution in [-0.2, 0) is 0 Å². The van der Waals surface area contributed by atoms with Gasteiger partial charge in [-0.15, -0.1) is 11.8 Å². The normalized spacial score (nSPS) is 19.1. The number of nitrogens with zero attached hydrogens (tertiary/aromatic N) is 1. The molecule has 0 saturated heterocycles. The van der Waals surface area contributed by atoms with Gasteiger partial charge in [-0.3, -0.25) is 0 Å². The molecule has 4 heteroatoms. The van der Waals surface area contributed by atoms with Crippen LogP contribution in [0.3, 0.4) is 0 Å². The van der Waals surface area contributed by atoms with Crippen molar-refractivity contribution in [2.75, 3.05) is 11.5 Å². The first kappa shape index (κ1) is 12.4. The van der Waals surface area contributed by atoms with E-state index >= 15 is 0 Å². The molecule has 86 valence electrons. The van der Waals surface area contributed by atoms with Crippen LogP contribution in [0.4, 0.5) is 5.69 Å². The molecule has 16 heavy (non-hydrogen) atoms. The third-order valence-electron chi connectivity index (χ3n) is 2.20. The lowest BCUT2D eigenvalue weighted by Gasteiger charge is -2.22. The quantitative estimate of drug-likeness (QED) is 0.772. The lowest BCUT2D eigenvalue weighted by Crippen LogP contribution is -2.01. The molecular formula is C12H15NS3. The highest BCUT2D eigenvalue weighted by Crippen LogP contribution is 2.49. The molecule has 1 heterocycles. The molecule has 0 amide bonds. The van der Waals surface area contributed by atoms with E-state index in [0.29, 0.717) is 4.58 Å². The third kappa shape index (κ3) is 2.79. The summed E-state index contributed by atoms with van der Waals surface area (Å²) in [7, 11) is 0. The average molecular weight is 269 g/mol. The fourth-order valence-corrected chi connectivity index (χ4v) is 5.34. The van der Waals surface area contributed by atoms with Crippen LogP contribution in [0.5, 0.6) is 0 Å². The summed E-state index contributed by atoms with van der Waals surface area (Å²) in [6.07, 6.45) is 0. The smallest absolute Gasteiger partial charge is 0.131 e. The Morgan fingerprint density at radius 3 is 2.81 bits per heavy atom. The van der Waals surface area contributed by atoms with E-state index < -0.39 is 0 Å². The van der Waals surface area contributed by atoms with Crippen molar-refractivity contribution in [3.63, 3.8) is 0 Å². The van der Waals surface area contributed by atoms with Crippen molar-refractivity contribution in [2.24, 2.45) is 4.99 Å². The van der Waals surface area contributed by atoms with Gasteiger partial charge in [0.25, 0.3) is 0 Å². The minimum Gasteiger partial charge on any atom is -0.235 e. The average Bonchev–Trinajstić information content (AvgIpc) is 2.30. The van der Waals surface area contributed by atoms with Crippen molar-refractivity contribution >= 4 is 45.3 Å². The third-order valence-corrected chi connectivity index (χ3v) is 5.81. The standard InChI is InChI=1S/C12H15NS3/c1-3-14-11-9-7-5-6-8-10(9)13-12(16-11)15-4-2/h5-8,11H,3-4H2,1-2H3. The van der Waals surface area contributed by atoms with Crippen LogP contribution >= 0.6 is 35.3 Å². The molecule has 2 rings (SSSR count). The van der Waals surface area contributed by atoms with Gasteiger partial charge in [-0.05, 0) is 17.6 Å². The molecule has 0 spiro atoms. The lowest BCUT2D eigenvalue weighted by molar-refractivity contribution is 1.32. The molecule has 1 atom stereocenters. The summed E-state index contributed by atoms with van der Waals surface area (Å²) >= 11 is 5.74. The second-order valence-electron chi connectivity index (χ2n) is 3.27. The molecule has 1 aromatic rings. The van der Waals surface area contributed by atoms with Crippen LogP contribution in [0.2, 0.25) is 0 Å². The number of hydrogen-bond donors (Lipinski definition) is 0. The van der Waals surface area contributed by atoms with Crippen LogP contribution in [0.25, 0.3) is 0 Å². The van der Waals surface area contributed by atoms with Gasteiger partial charge >= 0.3 is 0 Å². The van der Waals surface area contributed by atoms with Gasteiger partial charge in [0.05, 0.1) is 10.3 Å². The molecule has 0 aliphatic carbocycles. The number of fused-ring (bicyclic) bond motifs is 1. The molecule has 1 aromatic carbocycles. The Kier molecular flexibility index (Phi) is 4.67. The number of hydrogen-bond acceptors (Lipinski definition) is 4. The van der Waals surface area contributed by atoms with E-state index in [9.17, 15) is 0 Å². The number of aliphatic imine (C=N–C) groups is 1. The van der Waals surface area contributed by atoms with Crippen LogP contribution in [0.15, 0.2) is 29.3 Å². The number of rotatable bonds is 3. The molecule has 0 saturated carbocycles. The van der Waals surface area contributed by atoms with E-state index in [1.807, 2.05) is 35.3 Å². The van der Waals surface area contributed by atoms with Crippen LogP contribution in [-0.4, -0.2) is 15.9 Å². The predicted molar refractivity (Wildman–Crippen MR) is 80.1 cm³/mol. The summed E-state index contributed by atoms with van der Waals surface area (Å²) in [4.78, 5) is 4.70. The van der Waals surface area contributed by atoms with Crippen molar-refractivity contribution in [1.82, 2.24) is 0 Å². The SMILES string of the molecule is CCSC1=Nc2ccccc2C(SCC)S1. The van der Waals surface area contributed by atoms with E-state index in [-0.39, 0.29) is 0 Å².